The lowest BCUT2D eigenvalue weighted by Gasteiger charge is -2.22. The zero-order valence-corrected chi connectivity index (χ0v) is 15.7. The highest BCUT2D eigenvalue weighted by Crippen LogP contribution is 2.21. The number of hydrogen-bond donors (Lipinski definition) is 0. The molecule has 6 nitrogen and oxygen atoms in total. The van der Waals surface area contributed by atoms with Crippen LogP contribution in [0.5, 0.6) is 0 Å². The van der Waals surface area contributed by atoms with Gasteiger partial charge >= 0.3 is 0 Å². The lowest BCUT2D eigenvalue weighted by molar-refractivity contribution is 0.268. The SMILES string of the molecule is CCN(Cc1ccccc1)c1ccc(-c2noc(CN3CCCC3)n2)cn1. The summed E-state index contributed by atoms with van der Waals surface area (Å²) in [4.78, 5) is 13.8. The van der Waals surface area contributed by atoms with Crippen LogP contribution < -0.4 is 4.90 Å². The molecule has 0 N–H and O–H groups in total. The van der Waals surface area contributed by atoms with Gasteiger partial charge in [0.25, 0.3) is 0 Å². The van der Waals surface area contributed by atoms with E-state index in [-0.39, 0.29) is 0 Å². The normalized spacial score (nSPS) is 14.6. The van der Waals surface area contributed by atoms with Crippen LogP contribution in [-0.2, 0) is 13.1 Å². The smallest absolute Gasteiger partial charge is 0.241 e. The van der Waals surface area contributed by atoms with Crippen LogP contribution in [0.25, 0.3) is 11.4 Å². The maximum Gasteiger partial charge on any atom is 0.241 e. The van der Waals surface area contributed by atoms with Crippen molar-refractivity contribution in [2.24, 2.45) is 0 Å². The Kier molecular flexibility index (Phi) is 5.44. The number of benzene rings is 1. The predicted molar refractivity (Wildman–Crippen MR) is 105 cm³/mol. The van der Waals surface area contributed by atoms with Crippen LogP contribution in [0.2, 0.25) is 0 Å². The van der Waals surface area contributed by atoms with Crippen molar-refractivity contribution in [2.45, 2.75) is 32.9 Å². The van der Waals surface area contributed by atoms with Gasteiger partial charge < -0.3 is 9.42 Å². The van der Waals surface area contributed by atoms with Gasteiger partial charge in [0.05, 0.1) is 6.54 Å². The lowest BCUT2D eigenvalue weighted by Crippen LogP contribution is -2.22. The third kappa shape index (κ3) is 4.34. The minimum absolute atomic E-state index is 0.606. The van der Waals surface area contributed by atoms with Crippen LogP contribution in [0.4, 0.5) is 5.82 Å². The Morgan fingerprint density at radius 2 is 1.89 bits per heavy atom. The Labute approximate surface area is 159 Å². The number of aromatic nitrogens is 3. The van der Waals surface area contributed by atoms with E-state index < -0.39 is 0 Å². The first-order chi connectivity index (χ1) is 13.3. The van der Waals surface area contributed by atoms with Gasteiger partial charge in [0, 0.05) is 24.8 Å². The fraction of sp³-hybridized carbons (Fsp3) is 0.381. The van der Waals surface area contributed by atoms with Gasteiger partial charge in [-0.25, -0.2) is 4.98 Å². The van der Waals surface area contributed by atoms with E-state index in [0.29, 0.717) is 11.7 Å². The molecular formula is C21H25N5O. The van der Waals surface area contributed by atoms with Crippen LogP contribution >= 0.6 is 0 Å². The first kappa shape index (κ1) is 17.7. The molecule has 0 amide bonds. The van der Waals surface area contributed by atoms with E-state index in [1.54, 1.807) is 0 Å². The second-order valence-corrected chi connectivity index (χ2v) is 6.90. The van der Waals surface area contributed by atoms with Gasteiger partial charge in [-0.1, -0.05) is 35.5 Å². The Balaban J connectivity index is 1.44. The van der Waals surface area contributed by atoms with Gasteiger partial charge in [-0.05, 0) is 50.6 Å². The summed E-state index contributed by atoms with van der Waals surface area (Å²) in [5.74, 6) is 2.23. The molecule has 0 unspecified atom stereocenters. The van der Waals surface area contributed by atoms with Crippen LogP contribution in [0, 0.1) is 0 Å². The Morgan fingerprint density at radius 1 is 1.07 bits per heavy atom. The predicted octanol–water partition coefficient (Wildman–Crippen LogP) is 3.75. The summed E-state index contributed by atoms with van der Waals surface area (Å²) in [6, 6.07) is 14.5. The van der Waals surface area contributed by atoms with E-state index in [4.69, 9.17) is 4.52 Å². The molecule has 0 bridgehead atoms. The summed E-state index contributed by atoms with van der Waals surface area (Å²) in [6.45, 7) is 6.83. The molecule has 3 heterocycles. The third-order valence-electron chi connectivity index (χ3n) is 4.95. The Hall–Kier alpha value is -2.73. The fourth-order valence-electron chi connectivity index (χ4n) is 3.43. The summed E-state index contributed by atoms with van der Waals surface area (Å²) in [5.41, 5.74) is 2.15. The number of hydrogen-bond acceptors (Lipinski definition) is 6. The molecule has 1 aliphatic rings. The molecule has 0 atom stereocenters. The summed E-state index contributed by atoms with van der Waals surface area (Å²) in [6.07, 6.45) is 4.33. The molecule has 1 aromatic carbocycles. The van der Waals surface area contributed by atoms with Crippen molar-refractivity contribution >= 4 is 5.82 Å². The van der Waals surface area contributed by atoms with Crippen molar-refractivity contribution in [1.82, 2.24) is 20.0 Å². The first-order valence-electron chi connectivity index (χ1n) is 9.62. The van der Waals surface area contributed by atoms with Crippen LogP contribution in [0.15, 0.2) is 53.2 Å². The third-order valence-corrected chi connectivity index (χ3v) is 4.95. The highest BCUT2D eigenvalue weighted by molar-refractivity contribution is 5.56. The van der Waals surface area contributed by atoms with Gasteiger partial charge in [0.15, 0.2) is 0 Å². The van der Waals surface area contributed by atoms with Gasteiger partial charge in [-0.3, -0.25) is 4.90 Å². The van der Waals surface area contributed by atoms with E-state index >= 15 is 0 Å². The molecule has 0 spiro atoms. The molecule has 140 valence electrons. The molecule has 2 aromatic heterocycles. The Bertz CT molecular complexity index is 841. The monoisotopic (exact) mass is 363 g/mol. The van der Waals surface area contributed by atoms with Crippen molar-refractivity contribution in [2.75, 3.05) is 24.5 Å². The average molecular weight is 363 g/mol. The van der Waals surface area contributed by atoms with Crippen LogP contribution in [-0.4, -0.2) is 39.7 Å². The van der Waals surface area contributed by atoms with Crippen LogP contribution in [0.3, 0.4) is 0 Å². The van der Waals surface area contributed by atoms with Gasteiger partial charge in [0.2, 0.25) is 11.7 Å². The molecule has 0 saturated carbocycles. The van der Waals surface area contributed by atoms with Gasteiger partial charge in [-0.2, -0.15) is 4.98 Å². The van der Waals surface area contributed by atoms with Crippen LogP contribution in [0.1, 0.15) is 31.2 Å². The quantitative estimate of drug-likeness (QED) is 0.637. The topological polar surface area (TPSA) is 58.3 Å². The molecule has 3 aromatic rings. The zero-order chi connectivity index (χ0) is 18.5. The zero-order valence-electron chi connectivity index (χ0n) is 15.7. The van der Waals surface area contributed by atoms with Crippen molar-refractivity contribution in [3.05, 3.63) is 60.1 Å². The van der Waals surface area contributed by atoms with E-state index in [0.717, 1.165) is 44.1 Å². The first-order valence-corrected chi connectivity index (χ1v) is 9.62. The summed E-state index contributed by atoms with van der Waals surface area (Å²) in [7, 11) is 0. The van der Waals surface area contributed by atoms with E-state index in [1.807, 2.05) is 24.4 Å². The van der Waals surface area contributed by atoms with Gasteiger partial charge in [0.1, 0.15) is 5.82 Å². The van der Waals surface area contributed by atoms with Gasteiger partial charge in [-0.15, -0.1) is 0 Å². The number of anilines is 1. The second-order valence-electron chi connectivity index (χ2n) is 6.90. The van der Waals surface area contributed by atoms with E-state index in [2.05, 4.69) is 56.1 Å². The van der Waals surface area contributed by atoms with E-state index in [9.17, 15) is 0 Å². The molecular weight excluding hydrogens is 338 g/mol. The van der Waals surface area contributed by atoms with Crippen molar-refractivity contribution in [3.63, 3.8) is 0 Å². The molecule has 1 aliphatic heterocycles. The number of rotatable bonds is 7. The minimum Gasteiger partial charge on any atom is -0.353 e. The lowest BCUT2D eigenvalue weighted by atomic mass is 10.2. The van der Waals surface area contributed by atoms with Crippen molar-refractivity contribution < 1.29 is 4.52 Å². The summed E-state index contributed by atoms with van der Waals surface area (Å²) >= 11 is 0. The van der Waals surface area contributed by atoms with Crippen molar-refractivity contribution in [1.29, 1.82) is 0 Å². The molecule has 27 heavy (non-hydrogen) atoms. The maximum atomic E-state index is 5.42. The maximum absolute atomic E-state index is 5.42. The molecule has 6 heteroatoms. The molecule has 1 saturated heterocycles. The second kappa shape index (κ2) is 8.31. The highest BCUT2D eigenvalue weighted by atomic mass is 16.5. The van der Waals surface area contributed by atoms with E-state index in [1.165, 1.54) is 18.4 Å². The standard InChI is InChI=1S/C21H25N5O/c1-2-26(15-17-8-4-3-5-9-17)19-11-10-18(14-22-19)21-23-20(27-24-21)16-25-12-6-7-13-25/h3-5,8-11,14H,2,6-7,12-13,15-16H2,1H3. The summed E-state index contributed by atoms with van der Waals surface area (Å²) in [5, 5.41) is 4.12. The molecule has 0 radical (unpaired) electrons. The largest absolute Gasteiger partial charge is 0.353 e. The Morgan fingerprint density at radius 3 is 2.59 bits per heavy atom. The fourth-order valence-corrected chi connectivity index (χ4v) is 3.43. The highest BCUT2D eigenvalue weighted by Gasteiger charge is 2.16. The van der Waals surface area contributed by atoms with Crippen molar-refractivity contribution in [3.8, 4) is 11.4 Å². The molecule has 1 fully saturated rings. The number of nitrogens with zero attached hydrogens (tertiary/aromatic N) is 5. The minimum atomic E-state index is 0.606. The number of pyridine rings is 1. The number of likely N-dealkylation sites (tertiary alicyclic amines) is 1. The molecule has 4 rings (SSSR count). The average Bonchev–Trinajstić information content (AvgIpc) is 3.40. The summed E-state index contributed by atoms with van der Waals surface area (Å²) < 4.78 is 5.42. The molecule has 0 aliphatic carbocycles.